The summed E-state index contributed by atoms with van der Waals surface area (Å²) in [5, 5.41) is 5.11. The first-order valence-corrected chi connectivity index (χ1v) is 9.65. The number of nitrogens with zero attached hydrogens (tertiary/aromatic N) is 1. The summed E-state index contributed by atoms with van der Waals surface area (Å²) in [5.74, 6) is -1.04. The van der Waals surface area contributed by atoms with Crippen LogP contribution in [0.3, 0.4) is 0 Å². The molecule has 0 saturated carbocycles. The summed E-state index contributed by atoms with van der Waals surface area (Å²) in [5.41, 5.74) is 2.92. The Morgan fingerprint density at radius 1 is 0.906 bits per heavy atom. The van der Waals surface area contributed by atoms with E-state index in [2.05, 4.69) is 20.4 Å². The third-order valence-corrected chi connectivity index (χ3v) is 4.34. The topological polar surface area (TPSA) is 80.3 Å². The van der Waals surface area contributed by atoms with E-state index in [-0.39, 0.29) is 19.0 Å². The number of aromatic nitrogens is 1. The number of nitrogens with one attached hydrogen (secondary N) is 2. The molecule has 0 aliphatic carbocycles. The van der Waals surface area contributed by atoms with Crippen LogP contribution in [-0.2, 0) is 11.3 Å². The summed E-state index contributed by atoms with van der Waals surface area (Å²) >= 11 is 0. The molecule has 0 atom stereocenters. The molecule has 166 valence electrons. The number of pyridine rings is 1. The fourth-order valence-electron chi connectivity index (χ4n) is 2.77. The van der Waals surface area contributed by atoms with Crippen molar-refractivity contribution in [3.63, 3.8) is 0 Å². The van der Waals surface area contributed by atoms with E-state index in [1.165, 1.54) is 18.3 Å². The van der Waals surface area contributed by atoms with Gasteiger partial charge < -0.3 is 15.4 Å². The highest BCUT2D eigenvalue weighted by Gasteiger charge is 2.28. The molecule has 2 amide bonds. The predicted octanol–water partition coefficient (Wildman–Crippen LogP) is 3.74. The van der Waals surface area contributed by atoms with E-state index in [4.69, 9.17) is 0 Å². The highest BCUT2D eigenvalue weighted by molar-refractivity contribution is 5.96. The van der Waals surface area contributed by atoms with Gasteiger partial charge in [-0.3, -0.25) is 9.59 Å². The van der Waals surface area contributed by atoms with E-state index in [9.17, 15) is 22.8 Å². The number of amides is 2. The molecular formula is C23H20F3N3O3. The smallest absolute Gasteiger partial charge is 0.422 e. The molecule has 3 aromatic rings. The maximum Gasteiger partial charge on any atom is 0.422 e. The van der Waals surface area contributed by atoms with Crippen LogP contribution in [0, 0.1) is 0 Å². The number of hydrogen-bond acceptors (Lipinski definition) is 4. The van der Waals surface area contributed by atoms with Crippen LogP contribution in [0.2, 0.25) is 0 Å². The second kappa shape index (κ2) is 10.4. The maximum atomic E-state index is 12.3. The highest BCUT2D eigenvalue weighted by Crippen LogP contribution is 2.19. The van der Waals surface area contributed by atoms with Gasteiger partial charge in [0.05, 0.1) is 6.54 Å². The Morgan fingerprint density at radius 3 is 2.28 bits per heavy atom. The Balaban J connectivity index is 1.45. The number of rotatable bonds is 8. The van der Waals surface area contributed by atoms with Crippen LogP contribution in [0.5, 0.6) is 5.88 Å². The molecule has 2 aromatic carbocycles. The quantitative estimate of drug-likeness (QED) is 0.556. The molecular weight excluding hydrogens is 423 g/mol. The number of ether oxygens (including phenoxy) is 1. The van der Waals surface area contributed by atoms with Gasteiger partial charge in [0.25, 0.3) is 5.91 Å². The van der Waals surface area contributed by atoms with Crippen molar-refractivity contribution in [3.8, 4) is 17.0 Å². The summed E-state index contributed by atoms with van der Waals surface area (Å²) in [6.45, 7) is -1.65. The second-order valence-corrected chi connectivity index (χ2v) is 6.81. The lowest BCUT2D eigenvalue weighted by molar-refractivity contribution is -0.154. The molecule has 0 bridgehead atoms. The molecule has 0 unspecified atom stereocenters. The van der Waals surface area contributed by atoms with Gasteiger partial charge >= 0.3 is 6.18 Å². The highest BCUT2D eigenvalue weighted by atomic mass is 19.4. The number of hydrogen-bond donors (Lipinski definition) is 2. The van der Waals surface area contributed by atoms with Crippen LogP contribution < -0.4 is 15.4 Å². The molecule has 32 heavy (non-hydrogen) atoms. The fraction of sp³-hybridized carbons (Fsp3) is 0.174. The third kappa shape index (κ3) is 7.12. The standard InChI is InChI=1S/C23H20F3N3O3/c24-23(25,26)15-32-21-12-16(10-11-27-21)13-28-20(30)14-29-22(31)19-8-6-18(7-9-19)17-4-2-1-3-5-17/h1-12H,13-15H2,(H,28,30)(H,29,31). The number of alkyl halides is 3. The van der Waals surface area contributed by atoms with Crippen molar-refractivity contribution >= 4 is 11.8 Å². The number of halogens is 3. The van der Waals surface area contributed by atoms with Crippen LogP contribution in [0.15, 0.2) is 72.9 Å². The first-order valence-electron chi connectivity index (χ1n) is 9.65. The van der Waals surface area contributed by atoms with Crippen molar-refractivity contribution in [2.75, 3.05) is 13.2 Å². The number of benzene rings is 2. The molecule has 0 fully saturated rings. The van der Waals surface area contributed by atoms with E-state index in [0.29, 0.717) is 11.1 Å². The van der Waals surface area contributed by atoms with Crippen LogP contribution in [-0.4, -0.2) is 36.1 Å². The Kier molecular flexibility index (Phi) is 7.43. The van der Waals surface area contributed by atoms with Crippen LogP contribution in [0.25, 0.3) is 11.1 Å². The van der Waals surface area contributed by atoms with Gasteiger partial charge in [0.15, 0.2) is 6.61 Å². The first-order chi connectivity index (χ1) is 15.3. The molecule has 0 spiro atoms. The minimum absolute atomic E-state index is 0.0470. The van der Waals surface area contributed by atoms with Gasteiger partial charge in [-0.1, -0.05) is 42.5 Å². The van der Waals surface area contributed by atoms with E-state index >= 15 is 0 Å². The van der Waals surface area contributed by atoms with Gasteiger partial charge in [0, 0.05) is 24.4 Å². The van der Waals surface area contributed by atoms with Crippen LogP contribution in [0.1, 0.15) is 15.9 Å². The first kappa shape index (κ1) is 22.8. The lowest BCUT2D eigenvalue weighted by Crippen LogP contribution is -2.36. The van der Waals surface area contributed by atoms with Gasteiger partial charge in [0.2, 0.25) is 11.8 Å². The molecule has 1 aromatic heterocycles. The van der Waals surface area contributed by atoms with Crippen molar-refractivity contribution in [2.45, 2.75) is 12.7 Å². The van der Waals surface area contributed by atoms with Gasteiger partial charge in [-0.15, -0.1) is 0 Å². The van der Waals surface area contributed by atoms with Gasteiger partial charge in [-0.25, -0.2) is 4.98 Å². The largest absolute Gasteiger partial charge is 0.468 e. The molecule has 3 rings (SSSR count). The summed E-state index contributed by atoms with van der Waals surface area (Å²) in [6.07, 6.45) is -3.18. The van der Waals surface area contributed by atoms with E-state index in [1.807, 2.05) is 42.5 Å². The van der Waals surface area contributed by atoms with E-state index in [1.54, 1.807) is 12.1 Å². The van der Waals surface area contributed by atoms with Gasteiger partial charge in [-0.05, 0) is 34.9 Å². The zero-order valence-corrected chi connectivity index (χ0v) is 16.9. The van der Waals surface area contributed by atoms with Gasteiger partial charge in [-0.2, -0.15) is 13.2 Å². The average molecular weight is 443 g/mol. The lowest BCUT2D eigenvalue weighted by Gasteiger charge is -2.10. The zero-order chi connectivity index (χ0) is 23.0. The molecule has 1 heterocycles. The van der Waals surface area contributed by atoms with Crippen molar-refractivity contribution in [3.05, 3.63) is 84.1 Å². The Labute approximate surface area is 182 Å². The normalized spacial score (nSPS) is 11.0. The number of carbonyl (C=O) groups excluding carboxylic acids is 2. The summed E-state index contributed by atoms with van der Waals surface area (Å²) in [4.78, 5) is 28.0. The van der Waals surface area contributed by atoms with Crippen molar-refractivity contribution in [1.82, 2.24) is 15.6 Å². The van der Waals surface area contributed by atoms with Crippen molar-refractivity contribution in [2.24, 2.45) is 0 Å². The minimum Gasteiger partial charge on any atom is -0.468 e. The van der Waals surface area contributed by atoms with Crippen molar-refractivity contribution in [1.29, 1.82) is 0 Å². The number of carbonyl (C=O) groups is 2. The van der Waals surface area contributed by atoms with Crippen LogP contribution in [0.4, 0.5) is 13.2 Å². The third-order valence-electron chi connectivity index (χ3n) is 4.34. The minimum atomic E-state index is -4.47. The molecule has 2 N–H and O–H groups in total. The van der Waals surface area contributed by atoms with Crippen molar-refractivity contribution < 1.29 is 27.5 Å². The summed E-state index contributed by atoms with van der Waals surface area (Å²) in [7, 11) is 0. The van der Waals surface area contributed by atoms with E-state index < -0.39 is 24.6 Å². The molecule has 6 nitrogen and oxygen atoms in total. The maximum absolute atomic E-state index is 12.3. The lowest BCUT2D eigenvalue weighted by atomic mass is 10.0. The molecule has 0 saturated heterocycles. The monoisotopic (exact) mass is 443 g/mol. The summed E-state index contributed by atoms with van der Waals surface area (Å²) < 4.78 is 41.2. The fourth-order valence-corrected chi connectivity index (χ4v) is 2.77. The Morgan fingerprint density at radius 2 is 1.59 bits per heavy atom. The molecule has 0 aliphatic heterocycles. The molecule has 0 aliphatic rings. The van der Waals surface area contributed by atoms with E-state index in [0.717, 1.165) is 11.1 Å². The van der Waals surface area contributed by atoms with Crippen LogP contribution >= 0.6 is 0 Å². The average Bonchev–Trinajstić information content (AvgIpc) is 2.80. The van der Waals surface area contributed by atoms with Gasteiger partial charge in [0.1, 0.15) is 0 Å². The zero-order valence-electron chi connectivity index (χ0n) is 16.9. The summed E-state index contributed by atoms with van der Waals surface area (Å²) in [6, 6.07) is 19.6. The second-order valence-electron chi connectivity index (χ2n) is 6.81. The Bertz CT molecular complexity index is 1060. The predicted molar refractivity (Wildman–Crippen MR) is 112 cm³/mol. The molecule has 9 heteroatoms. The molecule has 0 radical (unpaired) electrons. The Hall–Kier alpha value is -3.88. The SMILES string of the molecule is O=C(CNC(=O)c1ccc(-c2ccccc2)cc1)NCc1ccnc(OCC(F)(F)F)c1.